The van der Waals surface area contributed by atoms with E-state index in [4.69, 9.17) is 4.74 Å². The Morgan fingerprint density at radius 3 is 2.18 bits per heavy atom. The lowest BCUT2D eigenvalue weighted by molar-refractivity contribution is 0.0551. The lowest BCUT2D eigenvalue weighted by Crippen LogP contribution is -2.27. The summed E-state index contributed by atoms with van der Waals surface area (Å²) in [4.78, 5) is 18.0. The average Bonchev–Trinajstić information content (AvgIpc) is 3.17. The minimum absolute atomic E-state index is 0.130. The third-order valence-electron chi connectivity index (χ3n) is 5.90. The SMILES string of the molecule is CC(C)(C)OC(=O)n1c2ccc(F)cc2c2c(-c3ccccc3)c(N(c3ccccc3)S(C)(=O)=O)ncc21. The standard InChI is InChI=1S/C29H26FN3O4S/c1-29(2,3)37-28(34)32-23-16-15-20(30)17-22(23)26-24(32)18-31-27(25(26)19-11-7-5-8-12-19)33(38(4,35)36)21-13-9-6-10-14-21/h5-18H,1-4H3. The minimum Gasteiger partial charge on any atom is -0.443 e. The highest BCUT2D eigenvalue weighted by Crippen LogP contribution is 2.44. The van der Waals surface area contributed by atoms with Crippen LogP contribution < -0.4 is 4.31 Å². The van der Waals surface area contributed by atoms with E-state index in [-0.39, 0.29) is 5.82 Å². The van der Waals surface area contributed by atoms with Crippen LogP contribution in [-0.2, 0) is 14.8 Å². The summed E-state index contributed by atoms with van der Waals surface area (Å²) < 4.78 is 49.2. The van der Waals surface area contributed by atoms with Crippen LogP contribution in [0.2, 0.25) is 0 Å². The van der Waals surface area contributed by atoms with Crippen molar-refractivity contribution in [2.75, 3.05) is 10.6 Å². The van der Waals surface area contributed by atoms with Gasteiger partial charge in [0.2, 0.25) is 10.0 Å². The summed E-state index contributed by atoms with van der Waals surface area (Å²) in [5, 5.41) is 0.904. The number of fused-ring (bicyclic) bond motifs is 3. The molecule has 2 aromatic heterocycles. The second-order valence-electron chi connectivity index (χ2n) is 9.92. The number of para-hydroxylation sites is 1. The number of halogens is 1. The van der Waals surface area contributed by atoms with Crippen molar-refractivity contribution in [1.82, 2.24) is 9.55 Å². The molecule has 0 aliphatic rings. The fourth-order valence-corrected chi connectivity index (χ4v) is 5.49. The molecule has 0 amide bonds. The van der Waals surface area contributed by atoms with Gasteiger partial charge in [0.05, 0.1) is 29.2 Å². The van der Waals surface area contributed by atoms with Crippen LogP contribution >= 0.6 is 0 Å². The topological polar surface area (TPSA) is 81.5 Å². The van der Waals surface area contributed by atoms with E-state index < -0.39 is 27.5 Å². The van der Waals surface area contributed by atoms with Gasteiger partial charge in [-0.2, -0.15) is 0 Å². The lowest BCUT2D eigenvalue weighted by Gasteiger charge is -2.25. The predicted octanol–water partition coefficient (Wildman–Crippen LogP) is 6.88. The van der Waals surface area contributed by atoms with E-state index >= 15 is 0 Å². The lowest BCUT2D eigenvalue weighted by atomic mass is 10.00. The third kappa shape index (κ3) is 4.61. The summed E-state index contributed by atoms with van der Waals surface area (Å²) in [5.74, 6) is -0.369. The fraction of sp³-hybridized carbons (Fsp3) is 0.172. The fourth-order valence-electron chi connectivity index (χ4n) is 4.54. The summed E-state index contributed by atoms with van der Waals surface area (Å²) in [6.07, 6.45) is 1.88. The van der Waals surface area contributed by atoms with Gasteiger partial charge >= 0.3 is 6.09 Å². The number of benzene rings is 3. The Morgan fingerprint density at radius 1 is 0.947 bits per heavy atom. The third-order valence-corrected chi connectivity index (χ3v) is 6.95. The smallest absolute Gasteiger partial charge is 0.419 e. The molecule has 5 rings (SSSR count). The highest BCUT2D eigenvalue weighted by Gasteiger charge is 2.30. The molecule has 38 heavy (non-hydrogen) atoms. The Labute approximate surface area is 220 Å². The van der Waals surface area contributed by atoms with Gasteiger partial charge in [0.15, 0.2) is 5.82 Å². The molecule has 0 spiro atoms. The van der Waals surface area contributed by atoms with E-state index in [1.807, 2.05) is 30.3 Å². The van der Waals surface area contributed by atoms with Crippen LogP contribution in [0, 0.1) is 5.82 Å². The first-order valence-electron chi connectivity index (χ1n) is 11.9. The van der Waals surface area contributed by atoms with Gasteiger partial charge in [-0.05, 0) is 56.7 Å². The number of pyridine rings is 1. The van der Waals surface area contributed by atoms with Crippen molar-refractivity contribution in [1.29, 1.82) is 0 Å². The number of nitrogens with zero attached hydrogens (tertiary/aromatic N) is 3. The molecule has 0 fully saturated rings. The second kappa shape index (κ2) is 9.25. The molecule has 9 heteroatoms. The van der Waals surface area contributed by atoms with E-state index in [0.717, 1.165) is 10.6 Å². The van der Waals surface area contributed by atoms with E-state index in [0.29, 0.717) is 38.6 Å². The van der Waals surface area contributed by atoms with Crippen LogP contribution in [-0.4, -0.2) is 35.9 Å². The number of hydrogen-bond donors (Lipinski definition) is 0. The number of ether oxygens (including phenoxy) is 1. The average molecular weight is 532 g/mol. The normalized spacial score (nSPS) is 12.1. The van der Waals surface area contributed by atoms with Crippen LogP contribution in [0.15, 0.2) is 85.1 Å². The maximum atomic E-state index is 14.6. The Hall–Kier alpha value is -4.24. The molecule has 3 aromatic carbocycles. The summed E-state index contributed by atoms with van der Waals surface area (Å²) in [5.41, 5.74) is 1.48. The number of aromatic nitrogens is 2. The number of rotatable bonds is 4. The zero-order chi connectivity index (χ0) is 27.2. The first kappa shape index (κ1) is 25.4. The molecule has 0 N–H and O–H groups in total. The molecular weight excluding hydrogens is 505 g/mol. The summed E-state index contributed by atoms with van der Waals surface area (Å²) in [7, 11) is -3.87. The molecule has 0 aliphatic carbocycles. The van der Waals surface area contributed by atoms with Gasteiger partial charge in [-0.25, -0.2) is 31.5 Å². The van der Waals surface area contributed by atoms with Gasteiger partial charge in [0.1, 0.15) is 11.4 Å². The molecule has 0 radical (unpaired) electrons. The maximum absolute atomic E-state index is 14.6. The van der Waals surface area contributed by atoms with Crippen LogP contribution in [0.3, 0.4) is 0 Å². The second-order valence-corrected chi connectivity index (χ2v) is 11.8. The van der Waals surface area contributed by atoms with Gasteiger partial charge in [-0.3, -0.25) is 0 Å². The number of carbonyl (C=O) groups is 1. The molecule has 2 heterocycles. The molecule has 0 aliphatic heterocycles. The van der Waals surface area contributed by atoms with Crippen LogP contribution in [0.1, 0.15) is 20.8 Å². The van der Waals surface area contributed by atoms with Crippen molar-refractivity contribution in [3.8, 4) is 11.1 Å². The first-order chi connectivity index (χ1) is 18.0. The molecule has 0 saturated carbocycles. The molecule has 7 nitrogen and oxygen atoms in total. The molecule has 0 unspecified atom stereocenters. The first-order valence-corrected chi connectivity index (χ1v) is 13.8. The number of sulfonamides is 1. The largest absolute Gasteiger partial charge is 0.443 e. The van der Waals surface area contributed by atoms with E-state index in [1.165, 1.54) is 29.0 Å². The van der Waals surface area contributed by atoms with Gasteiger partial charge in [0, 0.05) is 16.3 Å². The monoisotopic (exact) mass is 531 g/mol. The number of carbonyl (C=O) groups excluding carboxylic acids is 1. The van der Waals surface area contributed by atoms with E-state index in [1.54, 1.807) is 51.1 Å². The van der Waals surface area contributed by atoms with Crippen LogP contribution in [0.4, 0.5) is 20.7 Å². The van der Waals surface area contributed by atoms with E-state index in [2.05, 4.69) is 4.98 Å². The van der Waals surface area contributed by atoms with Gasteiger partial charge in [-0.1, -0.05) is 48.5 Å². The van der Waals surface area contributed by atoms with Crippen LogP contribution in [0.5, 0.6) is 0 Å². The van der Waals surface area contributed by atoms with Crippen molar-refractivity contribution in [3.63, 3.8) is 0 Å². The van der Waals surface area contributed by atoms with Crippen molar-refractivity contribution in [2.24, 2.45) is 0 Å². The molecule has 194 valence electrons. The van der Waals surface area contributed by atoms with Gasteiger partial charge in [0.25, 0.3) is 0 Å². The summed E-state index contributed by atoms with van der Waals surface area (Å²) in [6.45, 7) is 5.27. The zero-order valence-corrected chi connectivity index (χ0v) is 22.2. The maximum Gasteiger partial charge on any atom is 0.419 e. The molecular formula is C29H26FN3O4S. The van der Waals surface area contributed by atoms with Crippen LogP contribution in [0.25, 0.3) is 32.9 Å². The van der Waals surface area contributed by atoms with E-state index in [9.17, 15) is 17.6 Å². The molecule has 0 bridgehead atoms. The van der Waals surface area contributed by atoms with Gasteiger partial charge < -0.3 is 4.74 Å². The van der Waals surface area contributed by atoms with Crippen molar-refractivity contribution in [3.05, 3.63) is 90.9 Å². The number of anilines is 2. The Bertz CT molecular complexity index is 1780. The highest BCUT2D eigenvalue weighted by atomic mass is 32.2. The summed E-state index contributed by atoms with van der Waals surface area (Å²) >= 11 is 0. The highest BCUT2D eigenvalue weighted by molar-refractivity contribution is 7.92. The van der Waals surface area contributed by atoms with Crippen molar-refractivity contribution < 1.29 is 22.3 Å². The Balaban J connectivity index is 1.96. The molecule has 0 saturated heterocycles. The zero-order valence-electron chi connectivity index (χ0n) is 21.3. The molecule has 0 atom stereocenters. The quantitative estimate of drug-likeness (QED) is 0.253. The van der Waals surface area contributed by atoms with Crippen molar-refractivity contribution in [2.45, 2.75) is 26.4 Å². The Morgan fingerprint density at radius 2 is 1.58 bits per heavy atom. The predicted molar refractivity (Wildman–Crippen MR) is 148 cm³/mol. The van der Waals surface area contributed by atoms with Gasteiger partial charge in [-0.15, -0.1) is 0 Å². The molecule has 5 aromatic rings. The minimum atomic E-state index is -3.87. The summed E-state index contributed by atoms with van der Waals surface area (Å²) in [6, 6.07) is 21.8. The van der Waals surface area contributed by atoms with Crippen molar-refractivity contribution >= 4 is 49.4 Å². The Kier molecular flexibility index (Phi) is 6.19. The number of hydrogen-bond acceptors (Lipinski definition) is 5.